The van der Waals surface area contributed by atoms with Crippen LogP contribution in [0.1, 0.15) is 31.4 Å². The van der Waals surface area contributed by atoms with Crippen molar-refractivity contribution in [1.29, 1.82) is 0 Å². The summed E-state index contributed by atoms with van der Waals surface area (Å²) in [5, 5.41) is 4.44. The Morgan fingerprint density at radius 3 is 2.66 bits per heavy atom. The summed E-state index contributed by atoms with van der Waals surface area (Å²) in [6.07, 6.45) is 0.859. The van der Waals surface area contributed by atoms with E-state index in [1.165, 1.54) is 11.8 Å². The summed E-state index contributed by atoms with van der Waals surface area (Å²) in [6.45, 7) is 4.97. The zero-order chi connectivity index (χ0) is 24.9. The molecule has 1 fully saturated rings. The van der Waals surface area contributed by atoms with Crippen molar-refractivity contribution in [3.05, 3.63) is 63.4 Å². The topological polar surface area (TPSA) is 93.5 Å². The predicted molar refractivity (Wildman–Crippen MR) is 138 cm³/mol. The zero-order valence-corrected chi connectivity index (χ0v) is 21.2. The fourth-order valence-corrected chi connectivity index (χ4v) is 5.12. The molecule has 1 saturated heterocycles. The van der Waals surface area contributed by atoms with Crippen LogP contribution >= 0.6 is 23.4 Å². The van der Waals surface area contributed by atoms with Crippen LogP contribution in [0.3, 0.4) is 0 Å². The zero-order valence-electron chi connectivity index (χ0n) is 19.6. The normalized spacial score (nSPS) is 14.2. The Balaban J connectivity index is 1.54. The summed E-state index contributed by atoms with van der Waals surface area (Å²) >= 11 is 7.38. The second-order valence-corrected chi connectivity index (χ2v) is 9.65. The molecule has 2 heterocycles. The van der Waals surface area contributed by atoms with E-state index in [9.17, 15) is 14.4 Å². The number of hydrogen-bond acceptors (Lipinski definition) is 6. The number of para-hydroxylation sites is 1. The highest BCUT2D eigenvalue weighted by molar-refractivity contribution is 7.99. The Morgan fingerprint density at radius 2 is 1.94 bits per heavy atom. The summed E-state index contributed by atoms with van der Waals surface area (Å²) in [7, 11) is 0. The lowest BCUT2D eigenvalue weighted by molar-refractivity contribution is -0.113. The van der Waals surface area contributed by atoms with Gasteiger partial charge in [-0.25, -0.2) is 9.78 Å². The monoisotopic (exact) mass is 514 g/mol. The van der Waals surface area contributed by atoms with Gasteiger partial charge < -0.3 is 15.0 Å². The van der Waals surface area contributed by atoms with Gasteiger partial charge in [-0.05, 0) is 56.5 Å². The number of thioether (sulfide) groups is 1. The van der Waals surface area contributed by atoms with Gasteiger partial charge in [-0.3, -0.25) is 14.2 Å². The molecule has 0 spiro atoms. The molecule has 0 aliphatic carbocycles. The van der Waals surface area contributed by atoms with Crippen molar-refractivity contribution < 1.29 is 14.3 Å². The fourth-order valence-electron chi connectivity index (χ4n) is 4.07. The number of rotatable bonds is 6. The van der Waals surface area contributed by atoms with Gasteiger partial charge in [-0.15, -0.1) is 0 Å². The van der Waals surface area contributed by atoms with Gasteiger partial charge in [0.15, 0.2) is 5.16 Å². The van der Waals surface area contributed by atoms with E-state index in [2.05, 4.69) is 5.32 Å². The molecule has 184 valence electrons. The summed E-state index contributed by atoms with van der Waals surface area (Å²) < 4.78 is 6.79. The van der Waals surface area contributed by atoms with Gasteiger partial charge in [0.05, 0.1) is 23.3 Å². The molecule has 10 heteroatoms. The number of amides is 2. The van der Waals surface area contributed by atoms with Gasteiger partial charge in [0, 0.05) is 29.8 Å². The van der Waals surface area contributed by atoms with Crippen molar-refractivity contribution in [2.24, 2.45) is 0 Å². The largest absolute Gasteiger partial charge is 0.450 e. The number of halogens is 1. The maximum atomic E-state index is 13.5. The molecule has 1 aromatic heterocycles. The van der Waals surface area contributed by atoms with E-state index in [1.54, 1.807) is 40.7 Å². The van der Waals surface area contributed by atoms with E-state index < -0.39 is 0 Å². The maximum absolute atomic E-state index is 13.5. The van der Waals surface area contributed by atoms with Gasteiger partial charge in [-0.2, -0.15) is 0 Å². The van der Waals surface area contributed by atoms with Gasteiger partial charge in [0.25, 0.3) is 5.56 Å². The van der Waals surface area contributed by atoms with E-state index in [0.717, 1.165) is 5.56 Å². The van der Waals surface area contributed by atoms with Gasteiger partial charge in [0.2, 0.25) is 5.91 Å². The van der Waals surface area contributed by atoms with Crippen molar-refractivity contribution >= 4 is 52.0 Å². The first-order valence-electron chi connectivity index (χ1n) is 11.5. The smallest absolute Gasteiger partial charge is 0.409 e. The third-order valence-corrected chi connectivity index (χ3v) is 7.28. The standard InChI is InChI=1S/C25H27ClN4O4S/c1-3-34-25(33)29-12-10-18(11-13-29)30-23(32)19-6-4-5-7-21(19)28-24(30)35-15-22(31)27-17-9-8-16(2)20(26)14-17/h4-9,14,18H,3,10-13,15H2,1-2H3,(H,27,31). The second kappa shape index (κ2) is 11.1. The van der Waals surface area contributed by atoms with Crippen LogP contribution in [-0.4, -0.2) is 51.9 Å². The van der Waals surface area contributed by atoms with Crippen LogP contribution in [0.4, 0.5) is 10.5 Å². The number of fused-ring (bicyclic) bond motifs is 1. The Kier molecular flexibility index (Phi) is 7.97. The molecule has 2 aromatic carbocycles. The van der Waals surface area contributed by atoms with E-state index in [-0.39, 0.29) is 29.4 Å². The molecule has 0 atom stereocenters. The van der Waals surface area contributed by atoms with Crippen molar-refractivity contribution in [1.82, 2.24) is 14.5 Å². The van der Waals surface area contributed by atoms with Crippen molar-refractivity contribution in [3.8, 4) is 0 Å². The van der Waals surface area contributed by atoms with Crippen LogP contribution in [-0.2, 0) is 9.53 Å². The average molecular weight is 515 g/mol. The van der Waals surface area contributed by atoms with Crippen molar-refractivity contribution in [2.75, 3.05) is 30.8 Å². The number of carbonyl (C=O) groups excluding carboxylic acids is 2. The van der Waals surface area contributed by atoms with Gasteiger partial charge in [-0.1, -0.05) is 41.6 Å². The second-order valence-electron chi connectivity index (χ2n) is 8.30. The number of nitrogens with one attached hydrogen (secondary N) is 1. The minimum absolute atomic E-state index is 0.0813. The van der Waals surface area contributed by atoms with Crippen LogP contribution in [0.2, 0.25) is 5.02 Å². The molecule has 3 aromatic rings. The molecule has 35 heavy (non-hydrogen) atoms. The summed E-state index contributed by atoms with van der Waals surface area (Å²) in [4.78, 5) is 44.6. The fraction of sp³-hybridized carbons (Fsp3) is 0.360. The van der Waals surface area contributed by atoms with Crippen LogP contribution in [0.25, 0.3) is 10.9 Å². The number of hydrogen-bond donors (Lipinski definition) is 1. The average Bonchev–Trinajstić information content (AvgIpc) is 2.85. The first kappa shape index (κ1) is 25.1. The number of anilines is 1. The minimum atomic E-state index is -0.336. The molecule has 1 aliphatic heterocycles. The molecular weight excluding hydrogens is 488 g/mol. The Morgan fingerprint density at radius 1 is 1.20 bits per heavy atom. The van der Waals surface area contributed by atoms with Gasteiger partial charge in [0.1, 0.15) is 0 Å². The first-order chi connectivity index (χ1) is 16.9. The number of carbonyl (C=O) groups is 2. The molecule has 0 bridgehead atoms. The maximum Gasteiger partial charge on any atom is 0.409 e. The molecular formula is C25H27ClN4O4S. The van der Waals surface area contributed by atoms with E-state index in [1.807, 2.05) is 25.1 Å². The molecule has 0 unspecified atom stereocenters. The van der Waals surface area contributed by atoms with Crippen LogP contribution < -0.4 is 10.9 Å². The minimum Gasteiger partial charge on any atom is -0.450 e. The summed E-state index contributed by atoms with van der Waals surface area (Å²) in [5.74, 6) is -0.140. The van der Waals surface area contributed by atoms with E-state index >= 15 is 0 Å². The third-order valence-electron chi connectivity index (χ3n) is 5.92. The number of benzene rings is 2. The van der Waals surface area contributed by atoms with Gasteiger partial charge >= 0.3 is 6.09 Å². The number of piperidine rings is 1. The quantitative estimate of drug-likeness (QED) is 0.372. The third kappa shape index (κ3) is 5.79. The first-order valence-corrected chi connectivity index (χ1v) is 12.9. The molecule has 1 N–H and O–H groups in total. The number of nitrogens with zero attached hydrogens (tertiary/aromatic N) is 3. The Bertz CT molecular complexity index is 1300. The van der Waals surface area contributed by atoms with Crippen LogP contribution in [0, 0.1) is 6.92 Å². The lowest BCUT2D eigenvalue weighted by Crippen LogP contribution is -2.41. The summed E-state index contributed by atoms with van der Waals surface area (Å²) in [5.41, 5.74) is 1.99. The van der Waals surface area contributed by atoms with E-state index in [4.69, 9.17) is 21.3 Å². The van der Waals surface area contributed by atoms with Crippen molar-refractivity contribution in [2.45, 2.75) is 37.9 Å². The molecule has 8 nitrogen and oxygen atoms in total. The van der Waals surface area contributed by atoms with Crippen LogP contribution in [0.5, 0.6) is 0 Å². The SMILES string of the molecule is CCOC(=O)N1CCC(n2c(SCC(=O)Nc3ccc(C)c(Cl)c3)nc3ccccc3c2=O)CC1. The Hall–Kier alpha value is -3.04. The molecule has 2 amide bonds. The number of aromatic nitrogens is 2. The van der Waals surface area contributed by atoms with E-state index in [0.29, 0.717) is 59.3 Å². The number of aryl methyl sites for hydroxylation is 1. The molecule has 0 radical (unpaired) electrons. The highest BCUT2D eigenvalue weighted by atomic mass is 35.5. The summed E-state index contributed by atoms with van der Waals surface area (Å²) in [6, 6.07) is 12.4. The molecule has 4 rings (SSSR count). The molecule has 1 aliphatic rings. The highest BCUT2D eigenvalue weighted by Gasteiger charge is 2.28. The lowest BCUT2D eigenvalue weighted by Gasteiger charge is -2.33. The molecule has 0 saturated carbocycles. The Labute approximate surface area is 212 Å². The predicted octanol–water partition coefficient (Wildman–Crippen LogP) is 4.88. The van der Waals surface area contributed by atoms with Crippen molar-refractivity contribution in [3.63, 3.8) is 0 Å². The lowest BCUT2D eigenvalue weighted by atomic mass is 10.0. The van der Waals surface area contributed by atoms with Crippen LogP contribution in [0.15, 0.2) is 52.4 Å². The number of ether oxygens (including phenoxy) is 1. The highest BCUT2D eigenvalue weighted by Crippen LogP contribution is 2.28. The number of likely N-dealkylation sites (tertiary alicyclic amines) is 1.